The number of nitrogens with zero attached hydrogens (tertiary/aromatic N) is 1. The molecule has 0 aromatic rings. The van der Waals surface area contributed by atoms with Gasteiger partial charge >= 0.3 is 0 Å². The Morgan fingerprint density at radius 3 is 2.42 bits per heavy atom. The predicted octanol–water partition coefficient (Wildman–Crippen LogP) is 1.62. The summed E-state index contributed by atoms with van der Waals surface area (Å²) in [5.41, 5.74) is 5.71. The highest BCUT2D eigenvalue weighted by atomic mass is 16.3. The Balaban J connectivity index is 2.65. The molecule has 0 spiro atoms. The van der Waals surface area contributed by atoms with Gasteiger partial charge in [-0.25, -0.2) is 0 Å². The van der Waals surface area contributed by atoms with Crippen molar-refractivity contribution in [3.8, 4) is 0 Å². The number of nitrogens with two attached hydrogens (primary N) is 1. The van der Waals surface area contributed by atoms with E-state index < -0.39 is 0 Å². The summed E-state index contributed by atoms with van der Waals surface area (Å²) in [5.74, 6) is 0.726. The van der Waals surface area contributed by atoms with E-state index in [0.717, 1.165) is 19.4 Å². The minimum absolute atomic E-state index is 0.0319. The molecule has 4 nitrogen and oxygen atoms in total. The molecule has 0 bridgehead atoms. The molecule has 1 aliphatic heterocycles. The Morgan fingerprint density at radius 2 is 1.95 bits per heavy atom. The first kappa shape index (κ1) is 16.4. The van der Waals surface area contributed by atoms with Crippen LogP contribution >= 0.6 is 0 Å². The van der Waals surface area contributed by atoms with Gasteiger partial charge in [-0.1, -0.05) is 34.6 Å². The van der Waals surface area contributed by atoms with Crippen molar-refractivity contribution in [3.63, 3.8) is 0 Å². The Hall–Kier alpha value is -0.610. The molecule has 0 aromatic carbocycles. The number of amides is 1. The number of piperidine rings is 1. The fourth-order valence-corrected chi connectivity index (χ4v) is 2.67. The van der Waals surface area contributed by atoms with Crippen LogP contribution in [0.2, 0.25) is 0 Å². The second kappa shape index (κ2) is 6.23. The van der Waals surface area contributed by atoms with Gasteiger partial charge < -0.3 is 15.7 Å². The lowest BCUT2D eigenvalue weighted by Crippen LogP contribution is -2.52. The number of hydrogen-bond acceptors (Lipinski definition) is 3. The molecule has 19 heavy (non-hydrogen) atoms. The average Bonchev–Trinajstić information content (AvgIpc) is 2.25. The van der Waals surface area contributed by atoms with Crippen LogP contribution in [0.25, 0.3) is 0 Å². The molecule has 0 radical (unpaired) electrons. The topological polar surface area (TPSA) is 66.6 Å². The first-order valence-corrected chi connectivity index (χ1v) is 7.34. The van der Waals surface area contributed by atoms with Crippen molar-refractivity contribution in [1.29, 1.82) is 0 Å². The van der Waals surface area contributed by atoms with E-state index in [0.29, 0.717) is 12.5 Å². The zero-order valence-electron chi connectivity index (χ0n) is 13.0. The van der Waals surface area contributed by atoms with Crippen molar-refractivity contribution in [1.82, 2.24) is 4.90 Å². The lowest BCUT2D eigenvalue weighted by molar-refractivity contribution is -0.142. The van der Waals surface area contributed by atoms with E-state index >= 15 is 0 Å². The van der Waals surface area contributed by atoms with Crippen molar-refractivity contribution in [2.75, 3.05) is 13.1 Å². The normalized spacial score (nSPS) is 26.6. The third-order valence-corrected chi connectivity index (χ3v) is 3.84. The Labute approximate surface area is 117 Å². The molecular formula is C15H30N2O2. The Kier molecular flexibility index (Phi) is 5.39. The van der Waals surface area contributed by atoms with E-state index in [1.165, 1.54) is 0 Å². The highest BCUT2D eigenvalue weighted by Gasteiger charge is 2.34. The summed E-state index contributed by atoms with van der Waals surface area (Å²) in [6.07, 6.45) is 1.33. The Morgan fingerprint density at radius 1 is 1.37 bits per heavy atom. The van der Waals surface area contributed by atoms with Gasteiger partial charge in [0.2, 0.25) is 5.91 Å². The molecule has 4 heteroatoms. The number of hydrogen-bond donors (Lipinski definition) is 2. The molecule has 1 fully saturated rings. The van der Waals surface area contributed by atoms with Crippen LogP contribution in [-0.4, -0.2) is 41.1 Å². The first-order chi connectivity index (χ1) is 8.61. The molecule has 3 N–H and O–H groups in total. The lowest BCUT2D eigenvalue weighted by Gasteiger charge is -2.40. The van der Waals surface area contributed by atoms with Crippen molar-refractivity contribution in [2.24, 2.45) is 23.0 Å². The summed E-state index contributed by atoms with van der Waals surface area (Å²) in [6, 6.07) is 0.0319. The van der Waals surface area contributed by atoms with Crippen molar-refractivity contribution in [3.05, 3.63) is 0 Å². The highest BCUT2D eigenvalue weighted by Crippen LogP contribution is 2.26. The fraction of sp³-hybridized carbons (Fsp3) is 0.933. The third kappa shape index (κ3) is 4.77. The molecule has 0 aromatic heterocycles. The maximum Gasteiger partial charge on any atom is 0.228 e. The largest absolute Gasteiger partial charge is 0.393 e. The molecule has 112 valence electrons. The van der Waals surface area contributed by atoms with Crippen molar-refractivity contribution in [2.45, 2.75) is 59.6 Å². The SMILES string of the molecule is CC(C)C(O)CC1CC(N)CN(C(=O)C(C)(C)C)C1. The predicted molar refractivity (Wildman–Crippen MR) is 77.6 cm³/mol. The standard InChI is InChI=1S/C15H30N2O2/c1-10(2)13(18)7-11-6-12(16)9-17(8-11)14(19)15(3,4)5/h10-13,18H,6-9,16H2,1-5H3. The summed E-state index contributed by atoms with van der Waals surface area (Å²) < 4.78 is 0. The minimum atomic E-state index is -0.363. The van der Waals surface area contributed by atoms with Crippen LogP contribution in [-0.2, 0) is 4.79 Å². The van der Waals surface area contributed by atoms with Gasteiger partial charge in [-0.2, -0.15) is 0 Å². The van der Waals surface area contributed by atoms with Crippen molar-refractivity contribution >= 4 is 5.91 Å². The molecule has 3 atom stereocenters. The second-order valence-electron chi connectivity index (χ2n) is 7.37. The number of likely N-dealkylation sites (tertiary alicyclic amines) is 1. The van der Waals surface area contributed by atoms with Crippen molar-refractivity contribution < 1.29 is 9.90 Å². The smallest absolute Gasteiger partial charge is 0.228 e. The van der Waals surface area contributed by atoms with Crippen LogP contribution in [0.4, 0.5) is 0 Å². The monoisotopic (exact) mass is 270 g/mol. The van der Waals surface area contributed by atoms with Gasteiger partial charge in [0.05, 0.1) is 6.10 Å². The number of aliphatic hydroxyl groups excluding tert-OH is 1. The van der Waals surface area contributed by atoms with E-state index in [9.17, 15) is 9.90 Å². The zero-order chi connectivity index (χ0) is 14.8. The average molecular weight is 270 g/mol. The van der Waals surface area contributed by atoms with E-state index in [4.69, 9.17) is 5.73 Å². The molecule has 1 saturated heterocycles. The summed E-state index contributed by atoms with van der Waals surface area (Å²) >= 11 is 0. The van der Waals surface area contributed by atoms with Crippen LogP contribution in [0.1, 0.15) is 47.5 Å². The molecule has 1 amide bonds. The van der Waals surface area contributed by atoms with Gasteiger partial charge in [-0.15, -0.1) is 0 Å². The van der Waals surface area contributed by atoms with Gasteiger partial charge in [-0.3, -0.25) is 4.79 Å². The maximum atomic E-state index is 12.3. The summed E-state index contributed by atoms with van der Waals surface area (Å²) in [6.45, 7) is 11.2. The molecule has 1 heterocycles. The minimum Gasteiger partial charge on any atom is -0.393 e. The highest BCUT2D eigenvalue weighted by molar-refractivity contribution is 5.81. The summed E-state index contributed by atoms with van der Waals surface area (Å²) in [5, 5.41) is 10.0. The van der Waals surface area contributed by atoms with Gasteiger partial charge in [0, 0.05) is 24.5 Å². The zero-order valence-corrected chi connectivity index (χ0v) is 13.0. The number of aliphatic hydroxyl groups is 1. The summed E-state index contributed by atoms with van der Waals surface area (Å²) in [7, 11) is 0. The Bertz CT molecular complexity index is 310. The lowest BCUT2D eigenvalue weighted by atomic mass is 9.85. The molecule has 0 aliphatic carbocycles. The van der Waals surface area contributed by atoms with E-state index in [2.05, 4.69) is 0 Å². The molecule has 1 aliphatic rings. The van der Waals surface area contributed by atoms with Crippen LogP contribution in [0.15, 0.2) is 0 Å². The maximum absolute atomic E-state index is 12.3. The van der Waals surface area contributed by atoms with Gasteiger partial charge in [0.25, 0.3) is 0 Å². The third-order valence-electron chi connectivity index (χ3n) is 3.84. The number of rotatable bonds is 3. The van der Waals surface area contributed by atoms with Crippen LogP contribution < -0.4 is 5.73 Å². The van der Waals surface area contributed by atoms with E-state index in [1.807, 2.05) is 39.5 Å². The van der Waals surface area contributed by atoms with Crippen LogP contribution in [0, 0.1) is 17.3 Å². The van der Waals surface area contributed by atoms with Crippen LogP contribution in [0.3, 0.4) is 0 Å². The second-order valence-corrected chi connectivity index (χ2v) is 7.37. The van der Waals surface area contributed by atoms with Gasteiger partial charge in [0.1, 0.15) is 0 Å². The van der Waals surface area contributed by atoms with Gasteiger partial charge in [0.15, 0.2) is 0 Å². The molecule has 0 saturated carbocycles. The quantitative estimate of drug-likeness (QED) is 0.819. The summed E-state index contributed by atoms with van der Waals surface area (Å²) in [4.78, 5) is 14.2. The van der Waals surface area contributed by atoms with Crippen LogP contribution in [0.5, 0.6) is 0 Å². The van der Waals surface area contributed by atoms with E-state index in [1.54, 1.807) is 0 Å². The van der Waals surface area contributed by atoms with Gasteiger partial charge in [-0.05, 0) is 24.7 Å². The fourth-order valence-electron chi connectivity index (χ4n) is 2.67. The van der Waals surface area contributed by atoms with E-state index in [-0.39, 0.29) is 29.4 Å². The molecule has 1 rings (SSSR count). The molecular weight excluding hydrogens is 240 g/mol. The first-order valence-electron chi connectivity index (χ1n) is 7.34. The number of carbonyl (C=O) groups is 1. The molecule has 3 unspecified atom stereocenters. The number of carbonyl (C=O) groups excluding carboxylic acids is 1.